The van der Waals surface area contributed by atoms with Gasteiger partial charge < -0.3 is 28.4 Å². The maximum absolute atomic E-state index is 12.4. The number of esters is 1. The zero-order valence-electron chi connectivity index (χ0n) is 24.3. The molecule has 1 heterocycles. The van der Waals surface area contributed by atoms with Gasteiger partial charge in [0.2, 0.25) is 0 Å². The molecule has 5 rings (SSSR count). The summed E-state index contributed by atoms with van der Waals surface area (Å²) in [6.45, 7) is 2.87. The maximum atomic E-state index is 12.4. The Labute approximate surface area is 253 Å². The molecule has 1 fully saturated rings. The van der Waals surface area contributed by atoms with E-state index < -0.39 is 36.7 Å². The van der Waals surface area contributed by atoms with Crippen LogP contribution in [0.3, 0.4) is 0 Å². The molecular formula is C36H38O7. The summed E-state index contributed by atoms with van der Waals surface area (Å²) in [5.41, 5.74) is 4.00. The van der Waals surface area contributed by atoms with E-state index in [0.717, 1.165) is 22.3 Å². The zero-order chi connectivity index (χ0) is 29.7. The highest BCUT2D eigenvalue weighted by Crippen LogP contribution is 2.31. The third-order valence-corrected chi connectivity index (χ3v) is 7.11. The molecule has 7 nitrogen and oxygen atoms in total. The Morgan fingerprint density at radius 3 is 1.44 bits per heavy atom. The van der Waals surface area contributed by atoms with Gasteiger partial charge in [-0.3, -0.25) is 4.79 Å². The predicted molar refractivity (Wildman–Crippen MR) is 162 cm³/mol. The average Bonchev–Trinajstić information content (AvgIpc) is 3.05. The van der Waals surface area contributed by atoms with E-state index in [4.69, 9.17) is 28.4 Å². The summed E-state index contributed by atoms with van der Waals surface area (Å²) in [6.07, 6.45) is -3.68. The lowest BCUT2D eigenvalue weighted by molar-refractivity contribution is -0.323. The van der Waals surface area contributed by atoms with Crippen LogP contribution in [0, 0.1) is 0 Å². The average molecular weight is 583 g/mol. The van der Waals surface area contributed by atoms with Crippen molar-refractivity contribution < 1.29 is 33.2 Å². The minimum Gasteiger partial charge on any atom is -0.454 e. The minimum absolute atomic E-state index is 0.220. The summed E-state index contributed by atoms with van der Waals surface area (Å²) in [4.78, 5) is 12.4. The van der Waals surface area contributed by atoms with Crippen LogP contribution in [0.15, 0.2) is 121 Å². The molecule has 0 saturated carbocycles. The number of hydrogen-bond acceptors (Lipinski definition) is 7. The van der Waals surface area contributed by atoms with Crippen LogP contribution in [0.5, 0.6) is 0 Å². The van der Waals surface area contributed by atoms with E-state index in [1.807, 2.05) is 121 Å². The highest BCUT2D eigenvalue weighted by atomic mass is 16.7. The molecule has 1 aliphatic rings. The van der Waals surface area contributed by atoms with Crippen LogP contribution in [0.2, 0.25) is 0 Å². The molecule has 0 unspecified atom stereocenters. The Hall–Kier alpha value is -3.85. The van der Waals surface area contributed by atoms with E-state index >= 15 is 0 Å². The van der Waals surface area contributed by atoms with Crippen molar-refractivity contribution >= 4 is 5.97 Å². The quantitative estimate of drug-likeness (QED) is 0.163. The highest BCUT2D eigenvalue weighted by Gasteiger charge is 2.50. The van der Waals surface area contributed by atoms with Gasteiger partial charge in [0.15, 0.2) is 12.4 Å². The van der Waals surface area contributed by atoms with Crippen molar-refractivity contribution in [2.75, 3.05) is 6.61 Å². The second-order valence-corrected chi connectivity index (χ2v) is 10.4. The number of carbonyl (C=O) groups excluding carboxylic acids is 1. The predicted octanol–water partition coefficient (Wildman–Crippen LogP) is 6.25. The van der Waals surface area contributed by atoms with Gasteiger partial charge in [0, 0.05) is 6.92 Å². The van der Waals surface area contributed by atoms with Crippen LogP contribution in [0.25, 0.3) is 0 Å². The summed E-state index contributed by atoms with van der Waals surface area (Å²) >= 11 is 0. The molecule has 0 bridgehead atoms. The molecule has 0 spiro atoms. The molecule has 4 aromatic rings. The van der Waals surface area contributed by atoms with E-state index in [9.17, 15) is 4.79 Å². The van der Waals surface area contributed by atoms with E-state index in [1.54, 1.807) is 0 Å². The van der Waals surface area contributed by atoms with Crippen LogP contribution in [-0.4, -0.2) is 43.3 Å². The Bertz CT molecular complexity index is 1350. The molecule has 4 aromatic carbocycles. The Balaban J connectivity index is 1.41. The Morgan fingerprint density at radius 2 is 0.977 bits per heavy atom. The molecule has 1 saturated heterocycles. The topological polar surface area (TPSA) is 72.5 Å². The lowest BCUT2D eigenvalue weighted by Gasteiger charge is -2.45. The summed E-state index contributed by atoms with van der Waals surface area (Å²) in [6, 6.07) is 39.5. The fourth-order valence-corrected chi connectivity index (χ4v) is 5.01. The minimum atomic E-state index is -0.910. The molecule has 0 aliphatic carbocycles. The molecule has 224 valence electrons. The van der Waals surface area contributed by atoms with Gasteiger partial charge in [-0.1, -0.05) is 121 Å². The lowest BCUT2D eigenvalue weighted by Crippen LogP contribution is -2.62. The van der Waals surface area contributed by atoms with Gasteiger partial charge in [-0.25, -0.2) is 0 Å². The van der Waals surface area contributed by atoms with Crippen molar-refractivity contribution in [3.05, 3.63) is 144 Å². The molecule has 7 heteroatoms. The first kappa shape index (κ1) is 30.6. The Kier molecular flexibility index (Phi) is 11.5. The molecule has 0 aromatic heterocycles. The van der Waals surface area contributed by atoms with E-state index in [1.165, 1.54) is 6.92 Å². The van der Waals surface area contributed by atoms with Gasteiger partial charge in [-0.05, 0) is 22.3 Å². The van der Waals surface area contributed by atoms with Crippen LogP contribution in [0.4, 0.5) is 0 Å². The number of rotatable bonds is 14. The number of benzene rings is 4. The maximum Gasteiger partial charge on any atom is 0.303 e. The van der Waals surface area contributed by atoms with Gasteiger partial charge >= 0.3 is 5.97 Å². The molecule has 0 N–H and O–H groups in total. The third-order valence-electron chi connectivity index (χ3n) is 7.11. The zero-order valence-corrected chi connectivity index (χ0v) is 24.3. The van der Waals surface area contributed by atoms with Crippen molar-refractivity contribution in [1.82, 2.24) is 0 Å². The van der Waals surface area contributed by atoms with Crippen molar-refractivity contribution in [2.45, 2.75) is 64.1 Å². The number of carbonyl (C=O) groups is 1. The van der Waals surface area contributed by atoms with Crippen LogP contribution in [0.1, 0.15) is 29.2 Å². The molecule has 5 atom stereocenters. The van der Waals surface area contributed by atoms with Gasteiger partial charge in [0.05, 0.1) is 33.0 Å². The molecule has 0 radical (unpaired) electrons. The van der Waals surface area contributed by atoms with Crippen LogP contribution >= 0.6 is 0 Å². The van der Waals surface area contributed by atoms with E-state index in [0.29, 0.717) is 13.2 Å². The molecule has 1 aliphatic heterocycles. The fourth-order valence-electron chi connectivity index (χ4n) is 5.01. The van der Waals surface area contributed by atoms with Gasteiger partial charge in [-0.15, -0.1) is 0 Å². The standard InChI is InChI=1S/C36H38O7/c1-27(37)42-35-34(40-24-30-18-10-4-11-19-30)33(39-23-29-16-8-3-9-17-29)32(26-38-22-28-14-6-2-7-15-28)43-36(35)41-25-31-20-12-5-13-21-31/h2-21,32-36H,22-26H2,1H3/t32-,33-,34+,35-,36-/m1/s1. The van der Waals surface area contributed by atoms with Crippen LogP contribution < -0.4 is 0 Å². The van der Waals surface area contributed by atoms with Crippen molar-refractivity contribution in [2.24, 2.45) is 0 Å². The Morgan fingerprint density at radius 1 is 0.558 bits per heavy atom. The fraction of sp³-hybridized carbons (Fsp3) is 0.306. The molecule has 43 heavy (non-hydrogen) atoms. The summed E-state index contributed by atoms with van der Waals surface area (Å²) < 4.78 is 37.9. The first-order chi connectivity index (χ1) is 21.2. The lowest BCUT2D eigenvalue weighted by atomic mass is 9.97. The normalized spacial score (nSPS) is 21.7. The van der Waals surface area contributed by atoms with Gasteiger partial charge in [0.1, 0.15) is 18.3 Å². The summed E-state index contributed by atoms with van der Waals surface area (Å²) in [7, 11) is 0. The van der Waals surface area contributed by atoms with Crippen molar-refractivity contribution in [3.63, 3.8) is 0 Å². The summed E-state index contributed by atoms with van der Waals surface area (Å²) in [5, 5.41) is 0. The van der Waals surface area contributed by atoms with Crippen molar-refractivity contribution in [3.8, 4) is 0 Å². The first-order valence-electron chi connectivity index (χ1n) is 14.6. The van der Waals surface area contributed by atoms with Gasteiger partial charge in [-0.2, -0.15) is 0 Å². The second-order valence-electron chi connectivity index (χ2n) is 10.4. The van der Waals surface area contributed by atoms with E-state index in [-0.39, 0.29) is 19.8 Å². The monoisotopic (exact) mass is 582 g/mol. The first-order valence-corrected chi connectivity index (χ1v) is 14.6. The highest BCUT2D eigenvalue weighted by molar-refractivity contribution is 5.66. The number of hydrogen-bond donors (Lipinski definition) is 0. The van der Waals surface area contributed by atoms with E-state index in [2.05, 4.69) is 0 Å². The van der Waals surface area contributed by atoms with Crippen LogP contribution in [-0.2, 0) is 59.6 Å². The SMILES string of the molecule is CC(=O)O[C@H]1[C@H](OCc2ccccc2)O[C@H](COCc2ccccc2)[C@@H](OCc2ccccc2)[C@@H]1OCc1ccccc1. The number of ether oxygens (including phenoxy) is 6. The van der Waals surface area contributed by atoms with Crippen molar-refractivity contribution in [1.29, 1.82) is 0 Å². The van der Waals surface area contributed by atoms with Gasteiger partial charge in [0.25, 0.3) is 0 Å². The molecule has 0 amide bonds. The second kappa shape index (κ2) is 16.1. The summed E-state index contributed by atoms with van der Waals surface area (Å²) in [5.74, 6) is -0.462. The molecular weight excluding hydrogens is 544 g/mol. The smallest absolute Gasteiger partial charge is 0.303 e. The third kappa shape index (κ3) is 9.32. The largest absolute Gasteiger partial charge is 0.454 e.